The number of rotatable bonds is 1. The Kier molecular flexibility index (Phi) is 2.66. The van der Waals surface area contributed by atoms with Gasteiger partial charge in [-0.15, -0.1) is 0 Å². The van der Waals surface area contributed by atoms with Crippen LogP contribution >= 0.6 is 23.2 Å². The quantitative estimate of drug-likeness (QED) is 0.507. The molecule has 0 saturated heterocycles. The predicted octanol–water partition coefficient (Wildman–Crippen LogP) is 1.58. The lowest BCUT2D eigenvalue weighted by atomic mass is 10.1. The summed E-state index contributed by atoms with van der Waals surface area (Å²) >= 11 is 11.6. The van der Waals surface area contributed by atoms with Crippen LogP contribution in [0.2, 0.25) is 0 Å². The Hall–Kier alpha value is -0.250. The molecule has 68 valence electrons. The Balaban J connectivity index is 2.88. The molecular formula is C7H11Cl2N3. The number of nitrogens with zero attached hydrogens (tertiary/aromatic N) is 1. The van der Waals surface area contributed by atoms with Gasteiger partial charge in [0.2, 0.25) is 0 Å². The fraction of sp³-hybridized carbons (Fsp3) is 0.571. The summed E-state index contributed by atoms with van der Waals surface area (Å²) in [6, 6.07) is 0. The van der Waals surface area contributed by atoms with Gasteiger partial charge in [0.05, 0.1) is 0 Å². The van der Waals surface area contributed by atoms with E-state index in [4.69, 9.17) is 28.9 Å². The highest BCUT2D eigenvalue weighted by atomic mass is 35.5. The molecule has 1 heterocycles. The maximum Gasteiger partial charge on any atom is 0.263 e. The van der Waals surface area contributed by atoms with E-state index in [0.717, 1.165) is 5.57 Å². The van der Waals surface area contributed by atoms with Crippen LogP contribution in [-0.4, -0.2) is 11.5 Å². The standard InChI is InChI=1S/C7H11Cl2N3/c1-4(2)5-3-11-7(9,10)12-6(5)8/h3-4,12H,10H2,1-2H3. The molecule has 5 heteroatoms. The van der Waals surface area contributed by atoms with Crippen LogP contribution in [0.3, 0.4) is 0 Å². The molecule has 12 heavy (non-hydrogen) atoms. The van der Waals surface area contributed by atoms with Gasteiger partial charge in [-0.25, -0.2) is 4.99 Å². The Morgan fingerprint density at radius 2 is 2.25 bits per heavy atom. The molecule has 0 aliphatic carbocycles. The molecule has 0 bridgehead atoms. The van der Waals surface area contributed by atoms with E-state index in [1.165, 1.54) is 0 Å². The highest BCUT2D eigenvalue weighted by molar-refractivity contribution is 6.33. The second-order valence-electron chi connectivity index (χ2n) is 2.98. The Labute approximate surface area is 81.6 Å². The first-order valence-corrected chi connectivity index (χ1v) is 4.39. The van der Waals surface area contributed by atoms with Crippen molar-refractivity contribution in [2.75, 3.05) is 0 Å². The van der Waals surface area contributed by atoms with E-state index in [0.29, 0.717) is 11.1 Å². The van der Waals surface area contributed by atoms with E-state index >= 15 is 0 Å². The summed E-state index contributed by atoms with van der Waals surface area (Å²) in [7, 11) is 0. The van der Waals surface area contributed by atoms with Gasteiger partial charge in [-0.05, 0) is 5.92 Å². The van der Waals surface area contributed by atoms with Crippen molar-refractivity contribution in [3.63, 3.8) is 0 Å². The van der Waals surface area contributed by atoms with Gasteiger partial charge in [0, 0.05) is 11.8 Å². The van der Waals surface area contributed by atoms with E-state index in [9.17, 15) is 0 Å². The molecular weight excluding hydrogens is 197 g/mol. The van der Waals surface area contributed by atoms with Crippen molar-refractivity contribution in [2.45, 2.75) is 19.1 Å². The number of hydrogen-bond acceptors (Lipinski definition) is 3. The molecule has 1 aliphatic rings. The van der Waals surface area contributed by atoms with Gasteiger partial charge >= 0.3 is 0 Å². The van der Waals surface area contributed by atoms with Gasteiger partial charge in [-0.1, -0.05) is 37.0 Å². The van der Waals surface area contributed by atoms with Gasteiger partial charge in [-0.3, -0.25) is 5.73 Å². The molecule has 0 spiro atoms. The van der Waals surface area contributed by atoms with E-state index in [1.807, 2.05) is 13.8 Å². The average Bonchev–Trinajstić information content (AvgIpc) is 1.83. The number of aliphatic imine (C=N–C) groups is 1. The van der Waals surface area contributed by atoms with Crippen molar-refractivity contribution in [2.24, 2.45) is 16.6 Å². The molecule has 0 fully saturated rings. The number of hydrogen-bond donors (Lipinski definition) is 2. The lowest BCUT2D eigenvalue weighted by molar-refractivity contribution is 0.546. The second kappa shape index (κ2) is 3.24. The number of alkyl halides is 1. The van der Waals surface area contributed by atoms with E-state index in [1.54, 1.807) is 6.21 Å². The van der Waals surface area contributed by atoms with Gasteiger partial charge < -0.3 is 5.32 Å². The van der Waals surface area contributed by atoms with E-state index < -0.39 is 5.25 Å². The molecule has 0 radical (unpaired) electrons. The lowest BCUT2D eigenvalue weighted by Crippen LogP contribution is -2.47. The van der Waals surface area contributed by atoms with E-state index in [2.05, 4.69) is 10.3 Å². The summed E-state index contributed by atoms with van der Waals surface area (Å²) in [5.74, 6) is 0.307. The smallest absolute Gasteiger partial charge is 0.263 e. The third kappa shape index (κ3) is 2.12. The molecule has 3 N–H and O–H groups in total. The topological polar surface area (TPSA) is 50.4 Å². The molecule has 0 aromatic carbocycles. The van der Waals surface area contributed by atoms with Crippen LogP contribution in [0.4, 0.5) is 0 Å². The first kappa shape index (κ1) is 9.84. The maximum atomic E-state index is 5.87. The fourth-order valence-electron chi connectivity index (χ4n) is 0.881. The van der Waals surface area contributed by atoms with Crippen LogP contribution in [0.25, 0.3) is 0 Å². The van der Waals surface area contributed by atoms with Crippen LogP contribution in [0, 0.1) is 5.92 Å². The van der Waals surface area contributed by atoms with Crippen LogP contribution in [-0.2, 0) is 0 Å². The highest BCUT2D eigenvalue weighted by Crippen LogP contribution is 2.22. The van der Waals surface area contributed by atoms with Crippen molar-refractivity contribution in [1.29, 1.82) is 0 Å². The molecule has 0 saturated carbocycles. The first-order valence-electron chi connectivity index (χ1n) is 3.63. The van der Waals surface area contributed by atoms with Gasteiger partial charge in [-0.2, -0.15) is 0 Å². The minimum absolute atomic E-state index is 0.307. The zero-order valence-electron chi connectivity index (χ0n) is 6.94. The van der Waals surface area contributed by atoms with Gasteiger partial charge in [0.15, 0.2) is 0 Å². The molecule has 1 atom stereocenters. The summed E-state index contributed by atoms with van der Waals surface area (Å²) in [5.41, 5.74) is 6.38. The SMILES string of the molecule is CC(C)C1=C(Cl)NC(N)(Cl)N=C1. The summed E-state index contributed by atoms with van der Waals surface area (Å²) in [6.07, 6.45) is 1.61. The minimum atomic E-state index is -1.28. The summed E-state index contributed by atoms with van der Waals surface area (Å²) in [5, 5.41) is 1.86. The maximum absolute atomic E-state index is 5.87. The van der Waals surface area contributed by atoms with Crippen LogP contribution < -0.4 is 11.1 Å². The number of nitrogens with two attached hydrogens (primary N) is 1. The normalized spacial score (nSPS) is 29.5. The highest BCUT2D eigenvalue weighted by Gasteiger charge is 2.25. The molecule has 0 amide bonds. The van der Waals surface area contributed by atoms with Crippen molar-refractivity contribution >= 4 is 29.4 Å². The summed E-state index contributed by atoms with van der Waals surface area (Å²) in [6.45, 7) is 4.03. The molecule has 1 aliphatic heterocycles. The van der Waals surface area contributed by atoms with Crippen LogP contribution in [0.1, 0.15) is 13.8 Å². The predicted molar refractivity (Wildman–Crippen MR) is 52.1 cm³/mol. The zero-order valence-corrected chi connectivity index (χ0v) is 8.45. The second-order valence-corrected chi connectivity index (χ2v) is 3.93. The van der Waals surface area contributed by atoms with Crippen molar-refractivity contribution in [1.82, 2.24) is 5.32 Å². The summed E-state index contributed by atoms with van der Waals surface area (Å²) < 4.78 is 0. The van der Waals surface area contributed by atoms with Gasteiger partial charge in [0.1, 0.15) is 5.16 Å². The van der Waals surface area contributed by atoms with Crippen LogP contribution in [0.15, 0.2) is 15.7 Å². The number of halogens is 2. The first-order chi connectivity index (χ1) is 5.42. The summed E-state index contributed by atoms with van der Waals surface area (Å²) in [4.78, 5) is 3.88. The molecule has 0 aromatic rings. The molecule has 1 rings (SSSR count). The molecule has 0 aromatic heterocycles. The van der Waals surface area contributed by atoms with Crippen LogP contribution in [0.5, 0.6) is 0 Å². The Morgan fingerprint density at radius 1 is 1.67 bits per heavy atom. The molecule has 3 nitrogen and oxygen atoms in total. The third-order valence-corrected chi connectivity index (χ3v) is 2.06. The van der Waals surface area contributed by atoms with Gasteiger partial charge in [0.25, 0.3) is 5.25 Å². The Bertz CT molecular complexity index is 243. The zero-order chi connectivity index (χ0) is 9.35. The third-order valence-electron chi connectivity index (χ3n) is 1.55. The van der Waals surface area contributed by atoms with Crippen molar-refractivity contribution < 1.29 is 0 Å². The fourth-order valence-corrected chi connectivity index (χ4v) is 1.48. The number of nitrogens with one attached hydrogen (secondary N) is 1. The number of allylic oxidation sites excluding steroid dienone is 1. The molecule has 1 unspecified atom stereocenters. The lowest BCUT2D eigenvalue weighted by Gasteiger charge is -2.25. The average molecular weight is 208 g/mol. The van der Waals surface area contributed by atoms with E-state index in [-0.39, 0.29) is 0 Å². The Morgan fingerprint density at radius 3 is 2.67 bits per heavy atom. The van der Waals surface area contributed by atoms with Crippen molar-refractivity contribution in [3.8, 4) is 0 Å². The minimum Gasteiger partial charge on any atom is -0.326 e. The largest absolute Gasteiger partial charge is 0.326 e. The monoisotopic (exact) mass is 207 g/mol. The van der Waals surface area contributed by atoms with Crippen molar-refractivity contribution in [3.05, 3.63) is 10.7 Å².